The Kier molecular flexibility index (Phi) is 6.94. The maximum Gasteiger partial charge on any atom is 0.266 e. The Labute approximate surface area is 132 Å². The standard InChI is InChI=1S/C14H19IN2O3/c1-4-20-17-14(19)12(9(2)3)16-13(18)10-5-7-11(15)8-6-10/h5-9,12H,4H2,1-3H3,(H,16,18)(H,17,19). The van der Waals surface area contributed by atoms with Gasteiger partial charge in [-0.25, -0.2) is 5.48 Å². The smallest absolute Gasteiger partial charge is 0.266 e. The van der Waals surface area contributed by atoms with Crippen LogP contribution in [0, 0.1) is 9.49 Å². The van der Waals surface area contributed by atoms with E-state index in [0.717, 1.165) is 3.57 Å². The van der Waals surface area contributed by atoms with Gasteiger partial charge in [-0.1, -0.05) is 13.8 Å². The normalized spacial score (nSPS) is 12.1. The number of hydroxylamine groups is 1. The fourth-order valence-electron chi connectivity index (χ4n) is 1.57. The third-order valence-electron chi connectivity index (χ3n) is 2.66. The van der Waals surface area contributed by atoms with Gasteiger partial charge in [0, 0.05) is 9.13 Å². The van der Waals surface area contributed by atoms with Crippen molar-refractivity contribution in [3.63, 3.8) is 0 Å². The van der Waals surface area contributed by atoms with Crippen LogP contribution in [0.4, 0.5) is 0 Å². The molecule has 2 amide bonds. The van der Waals surface area contributed by atoms with Crippen molar-refractivity contribution in [3.05, 3.63) is 33.4 Å². The number of carbonyl (C=O) groups is 2. The van der Waals surface area contributed by atoms with Gasteiger partial charge in [-0.15, -0.1) is 0 Å². The third kappa shape index (κ3) is 5.09. The minimum absolute atomic E-state index is 0.0387. The molecule has 0 aliphatic carbocycles. The summed E-state index contributed by atoms with van der Waals surface area (Å²) in [5.41, 5.74) is 2.85. The maximum atomic E-state index is 12.1. The Morgan fingerprint density at radius 1 is 1.25 bits per heavy atom. The minimum atomic E-state index is -0.631. The molecule has 0 saturated heterocycles. The van der Waals surface area contributed by atoms with Gasteiger partial charge in [0.1, 0.15) is 6.04 Å². The predicted molar refractivity (Wildman–Crippen MR) is 85.0 cm³/mol. The van der Waals surface area contributed by atoms with Crippen LogP contribution in [-0.2, 0) is 9.63 Å². The van der Waals surface area contributed by atoms with Gasteiger partial charge in [-0.2, -0.15) is 0 Å². The van der Waals surface area contributed by atoms with Crippen LogP contribution in [0.15, 0.2) is 24.3 Å². The predicted octanol–water partition coefficient (Wildman–Crippen LogP) is 2.11. The molecule has 0 spiro atoms. The van der Waals surface area contributed by atoms with Gasteiger partial charge in [0.15, 0.2) is 0 Å². The highest BCUT2D eigenvalue weighted by atomic mass is 127. The molecule has 0 radical (unpaired) electrons. The van der Waals surface area contributed by atoms with E-state index in [-0.39, 0.29) is 17.7 Å². The molecular formula is C14H19IN2O3. The fraction of sp³-hybridized carbons (Fsp3) is 0.429. The molecule has 0 aliphatic rings. The zero-order valence-corrected chi connectivity index (χ0v) is 13.9. The summed E-state index contributed by atoms with van der Waals surface area (Å²) in [4.78, 5) is 28.9. The van der Waals surface area contributed by atoms with Gasteiger partial charge in [0.05, 0.1) is 6.61 Å². The van der Waals surface area contributed by atoms with Crippen molar-refractivity contribution >= 4 is 34.4 Å². The van der Waals surface area contributed by atoms with Crippen molar-refractivity contribution in [1.82, 2.24) is 10.8 Å². The SMILES string of the molecule is CCONC(=O)C(NC(=O)c1ccc(I)cc1)C(C)C. The van der Waals surface area contributed by atoms with Crippen molar-refractivity contribution in [2.45, 2.75) is 26.8 Å². The molecule has 1 aromatic rings. The summed E-state index contributed by atoms with van der Waals surface area (Å²) in [6, 6.07) is 6.53. The fourth-order valence-corrected chi connectivity index (χ4v) is 1.93. The number of halogens is 1. The second-order valence-electron chi connectivity index (χ2n) is 4.60. The van der Waals surface area contributed by atoms with E-state index in [1.54, 1.807) is 19.1 Å². The topological polar surface area (TPSA) is 67.4 Å². The lowest BCUT2D eigenvalue weighted by molar-refractivity contribution is -0.136. The van der Waals surface area contributed by atoms with E-state index in [4.69, 9.17) is 4.84 Å². The lowest BCUT2D eigenvalue weighted by Gasteiger charge is -2.21. The zero-order chi connectivity index (χ0) is 15.1. The van der Waals surface area contributed by atoms with Crippen LogP contribution in [-0.4, -0.2) is 24.5 Å². The molecule has 1 rings (SSSR count). The minimum Gasteiger partial charge on any atom is -0.340 e. The quantitative estimate of drug-likeness (QED) is 0.578. The molecule has 0 fully saturated rings. The Bertz CT molecular complexity index is 460. The zero-order valence-electron chi connectivity index (χ0n) is 11.8. The van der Waals surface area contributed by atoms with E-state index >= 15 is 0 Å². The molecule has 0 aromatic heterocycles. The number of amides is 2. The molecule has 0 aliphatic heterocycles. The molecule has 6 heteroatoms. The van der Waals surface area contributed by atoms with Gasteiger partial charge in [0.25, 0.3) is 11.8 Å². The molecule has 0 bridgehead atoms. The summed E-state index contributed by atoms with van der Waals surface area (Å²) >= 11 is 2.17. The molecular weight excluding hydrogens is 371 g/mol. The summed E-state index contributed by atoms with van der Waals surface area (Å²) in [6.07, 6.45) is 0. The number of rotatable bonds is 6. The lowest BCUT2D eigenvalue weighted by atomic mass is 10.0. The van der Waals surface area contributed by atoms with Gasteiger partial charge in [-0.3, -0.25) is 14.4 Å². The van der Waals surface area contributed by atoms with E-state index < -0.39 is 6.04 Å². The van der Waals surface area contributed by atoms with Crippen molar-refractivity contribution in [1.29, 1.82) is 0 Å². The highest BCUT2D eigenvalue weighted by molar-refractivity contribution is 14.1. The van der Waals surface area contributed by atoms with Crippen LogP contribution in [0.25, 0.3) is 0 Å². The van der Waals surface area contributed by atoms with E-state index in [0.29, 0.717) is 12.2 Å². The van der Waals surface area contributed by atoms with Crippen LogP contribution in [0.1, 0.15) is 31.1 Å². The Hall–Kier alpha value is -1.15. The van der Waals surface area contributed by atoms with Crippen molar-refractivity contribution < 1.29 is 14.4 Å². The number of nitrogens with one attached hydrogen (secondary N) is 2. The van der Waals surface area contributed by atoms with Crippen LogP contribution >= 0.6 is 22.6 Å². The summed E-state index contributed by atoms with van der Waals surface area (Å²) in [6.45, 7) is 5.88. The molecule has 110 valence electrons. The number of hydrogen-bond donors (Lipinski definition) is 2. The maximum absolute atomic E-state index is 12.1. The average molecular weight is 390 g/mol. The summed E-state index contributed by atoms with van der Waals surface area (Å²) in [5.74, 6) is -0.657. The first kappa shape index (κ1) is 16.9. The Morgan fingerprint density at radius 3 is 2.35 bits per heavy atom. The number of benzene rings is 1. The molecule has 5 nitrogen and oxygen atoms in total. The average Bonchev–Trinajstić information content (AvgIpc) is 2.42. The first-order chi connectivity index (χ1) is 9.45. The van der Waals surface area contributed by atoms with Gasteiger partial charge >= 0.3 is 0 Å². The van der Waals surface area contributed by atoms with Gasteiger partial charge in [-0.05, 0) is 59.7 Å². The first-order valence-electron chi connectivity index (χ1n) is 6.43. The van der Waals surface area contributed by atoms with Crippen LogP contribution in [0.5, 0.6) is 0 Å². The largest absolute Gasteiger partial charge is 0.340 e. The number of carbonyl (C=O) groups excluding carboxylic acids is 2. The lowest BCUT2D eigenvalue weighted by Crippen LogP contribution is -2.49. The molecule has 0 saturated carbocycles. The van der Waals surface area contributed by atoms with Crippen molar-refractivity contribution in [2.75, 3.05) is 6.61 Å². The molecule has 2 N–H and O–H groups in total. The van der Waals surface area contributed by atoms with Crippen molar-refractivity contribution in [2.24, 2.45) is 5.92 Å². The molecule has 1 atom stereocenters. The molecule has 0 heterocycles. The summed E-state index contributed by atoms with van der Waals surface area (Å²) in [5, 5.41) is 2.73. The molecule has 1 unspecified atom stereocenters. The van der Waals surface area contributed by atoms with Crippen LogP contribution in [0.2, 0.25) is 0 Å². The third-order valence-corrected chi connectivity index (χ3v) is 3.38. The monoisotopic (exact) mass is 390 g/mol. The van der Waals surface area contributed by atoms with Crippen molar-refractivity contribution in [3.8, 4) is 0 Å². The second-order valence-corrected chi connectivity index (χ2v) is 5.85. The van der Waals surface area contributed by atoms with E-state index in [1.165, 1.54) is 0 Å². The van der Waals surface area contributed by atoms with E-state index in [1.807, 2.05) is 26.0 Å². The Morgan fingerprint density at radius 2 is 1.85 bits per heavy atom. The number of hydrogen-bond acceptors (Lipinski definition) is 3. The molecule has 20 heavy (non-hydrogen) atoms. The highest BCUT2D eigenvalue weighted by Crippen LogP contribution is 2.08. The van der Waals surface area contributed by atoms with Crippen LogP contribution < -0.4 is 10.8 Å². The highest BCUT2D eigenvalue weighted by Gasteiger charge is 2.24. The van der Waals surface area contributed by atoms with Gasteiger partial charge in [0.2, 0.25) is 0 Å². The van der Waals surface area contributed by atoms with Crippen LogP contribution in [0.3, 0.4) is 0 Å². The first-order valence-corrected chi connectivity index (χ1v) is 7.51. The van der Waals surface area contributed by atoms with E-state index in [9.17, 15) is 9.59 Å². The Balaban J connectivity index is 2.72. The molecule has 1 aromatic carbocycles. The summed E-state index contributed by atoms with van der Waals surface area (Å²) in [7, 11) is 0. The second kappa shape index (κ2) is 8.21. The van der Waals surface area contributed by atoms with Gasteiger partial charge < -0.3 is 5.32 Å². The van der Waals surface area contributed by atoms with E-state index in [2.05, 4.69) is 33.4 Å². The summed E-state index contributed by atoms with van der Waals surface area (Å²) < 4.78 is 1.05.